The fraction of sp³-hybridized carbons (Fsp3) is 0.462. The lowest BCUT2D eigenvalue weighted by atomic mass is 9.98. The second-order valence-electron chi connectivity index (χ2n) is 5.03. The zero-order chi connectivity index (χ0) is 15.3. The van der Waals surface area contributed by atoms with Crippen LogP contribution >= 0.6 is 0 Å². The lowest BCUT2D eigenvalue weighted by Gasteiger charge is -2.16. The number of rotatable bonds is 6. The first-order valence-corrected chi connectivity index (χ1v) is 6.40. The molecule has 0 saturated heterocycles. The minimum absolute atomic E-state index is 0.00130. The van der Waals surface area contributed by atoms with E-state index < -0.39 is 10.8 Å². The van der Waals surface area contributed by atoms with Crippen LogP contribution in [-0.2, 0) is 0 Å². The van der Waals surface area contributed by atoms with Crippen molar-refractivity contribution >= 4 is 17.3 Å². The molecule has 0 bridgehead atoms. The van der Waals surface area contributed by atoms with Crippen LogP contribution < -0.4 is 16.6 Å². The number of amides is 1. The van der Waals surface area contributed by atoms with Gasteiger partial charge < -0.3 is 10.7 Å². The minimum atomic E-state index is -0.615. The molecular formula is C13H20N4O3. The van der Waals surface area contributed by atoms with Crippen molar-refractivity contribution in [3.8, 4) is 0 Å². The van der Waals surface area contributed by atoms with Gasteiger partial charge in [-0.15, -0.1) is 0 Å². The number of nitrogens with zero attached hydrogens (tertiary/aromatic N) is 1. The van der Waals surface area contributed by atoms with E-state index in [-0.39, 0.29) is 22.9 Å². The summed E-state index contributed by atoms with van der Waals surface area (Å²) in [6, 6.07) is 4.41. The predicted octanol–water partition coefficient (Wildman–Crippen LogP) is 1.90. The van der Waals surface area contributed by atoms with Crippen LogP contribution in [0.4, 0.5) is 11.4 Å². The normalized spacial score (nSPS) is 12.1. The van der Waals surface area contributed by atoms with Gasteiger partial charge in [-0.05, 0) is 24.0 Å². The lowest BCUT2D eigenvalue weighted by Crippen LogP contribution is -2.30. The predicted molar refractivity (Wildman–Crippen MR) is 77.2 cm³/mol. The van der Waals surface area contributed by atoms with E-state index in [4.69, 9.17) is 5.84 Å². The molecule has 1 unspecified atom stereocenters. The zero-order valence-corrected chi connectivity index (χ0v) is 11.8. The van der Waals surface area contributed by atoms with Crippen molar-refractivity contribution < 1.29 is 9.72 Å². The molecule has 0 fully saturated rings. The van der Waals surface area contributed by atoms with Crippen molar-refractivity contribution in [1.82, 2.24) is 5.32 Å². The monoisotopic (exact) mass is 280 g/mol. The van der Waals surface area contributed by atoms with E-state index in [1.54, 1.807) is 6.07 Å². The number of nitrogen functional groups attached to an aromatic ring is 1. The number of para-hydroxylation sites is 1. The molecule has 0 aliphatic heterocycles. The van der Waals surface area contributed by atoms with Gasteiger partial charge in [-0.2, -0.15) is 0 Å². The number of carbonyl (C=O) groups excluding carboxylic acids is 1. The molecule has 0 aliphatic carbocycles. The molecular weight excluding hydrogens is 260 g/mol. The van der Waals surface area contributed by atoms with Gasteiger partial charge in [0, 0.05) is 6.54 Å². The van der Waals surface area contributed by atoms with Gasteiger partial charge in [-0.1, -0.05) is 26.8 Å². The Hall–Kier alpha value is -2.15. The molecule has 4 N–H and O–H groups in total. The standard InChI is InChI=1S/C13H20N4O3/c1-8(2)9(3)7-15-13(18)10-5-4-6-11(16-14)12(10)17(19)20/h4-6,8-9,16H,7,14H2,1-3H3,(H,15,18). The van der Waals surface area contributed by atoms with Crippen molar-refractivity contribution in [1.29, 1.82) is 0 Å². The van der Waals surface area contributed by atoms with E-state index in [9.17, 15) is 14.9 Å². The molecule has 1 amide bonds. The summed E-state index contributed by atoms with van der Waals surface area (Å²) in [7, 11) is 0. The summed E-state index contributed by atoms with van der Waals surface area (Å²) in [5.74, 6) is 5.47. The van der Waals surface area contributed by atoms with E-state index in [0.717, 1.165) is 0 Å². The first kappa shape index (κ1) is 15.9. The highest BCUT2D eigenvalue weighted by Crippen LogP contribution is 2.27. The summed E-state index contributed by atoms with van der Waals surface area (Å²) in [5, 5.41) is 13.8. The smallest absolute Gasteiger partial charge is 0.306 e. The number of carbonyl (C=O) groups is 1. The molecule has 1 aromatic rings. The second-order valence-corrected chi connectivity index (χ2v) is 5.03. The number of benzene rings is 1. The van der Waals surface area contributed by atoms with E-state index in [1.807, 2.05) is 6.92 Å². The molecule has 0 spiro atoms. The first-order chi connectivity index (χ1) is 9.38. The number of hydrazine groups is 1. The molecule has 0 aromatic heterocycles. The van der Waals surface area contributed by atoms with Crippen LogP contribution in [-0.4, -0.2) is 17.4 Å². The molecule has 0 heterocycles. The van der Waals surface area contributed by atoms with Crippen molar-refractivity contribution in [2.75, 3.05) is 12.0 Å². The third-order valence-corrected chi connectivity index (χ3v) is 3.34. The van der Waals surface area contributed by atoms with Gasteiger partial charge in [0.2, 0.25) is 0 Å². The van der Waals surface area contributed by atoms with E-state index in [1.165, 1.54) is 12.1 Å². The molecule has 7 heteroatoms. The highest BCUT2D eigenvalue weighted by molar-refractivity contribution is 6.00. The summed E-state index contributed by atoms with van der Waals surface area (Å²) in [5.41, 5.74) is 2.03. The Morgan fingerprint density at radius 2 is 2.05 bits per heavy atom. The Balaban J connectivity index is 2.96. The Bertz CT molecular complexity index is 502. The van der Waals surface area contributed by atoms with Crippen LogP contribution in [0, 0.1) is 22.0 Å². The molecule has 0 saturated carbocycles. The van der Waals surface area contributed by atoms with Gasteiger partial charge >= 0.3 is 5.69 Å². The minimum Gasteiger partial charge on any atom is -0.352 e. The van der Waals surface area contributed by atoms with E-state index in [0.29, 0.717) is 12.5 Å². The number of nitro benzene ring substituents is 1. The maximum Gasteiger partial charge on any atom is 0.306 e. The Morgan fingerprint density at radius 1 is 1.40 bits per heavy atom. The number of anilines is 1. The number of hydrogen-bond acceptors (Lipinski definition) is 5. The van der Waals surface area contributed by atoms with Crippen LogP contribution in [0.1, 0.15) is 31.1 Å². The van der Waals surface area contributed by atoms with Crippen molar-refractivity contribution in [2.24, 2.45) is 17.7 Å². The first-order valence-electron chi connectivity index (χ1n) is 6.40. The van der Waals surface area contributed by atoms with Crippen LogP contribution in [0.25, 0.3) is 0 Å². The van der Waals surface area contributed by atoms with Gasteiger partial charge in [0.05, 0.1) is 4.92 Å². The fourth-order valence-electron chi connectivity index (χ4n) is 1.62. The summed E-state index contributed by atoms with van der Waals surface area (Å²) >= 11 is 0. The van der Waals surface area contributed by atoms with Gasteiger partial charge in [-0.3, -0.25) is 20.8 Å². The van der Waals surface area contributed by atoms with Gasteiger partial charge in [0.15, 0.2) is 0 Å². The topological polar surface area (TPSA) is 110 Å². The molecule has 110 valence electrons. The molecule has 1 aromatic carbocycles. The maximum absolute atomic E-state index is 12.1. The summed E-state index contributed by atoms with van der Waals surface area (Å²) in [4.78, 5) is 22.5. The molecule has 1 atom stereocenters. The summed E-state index contributed by atoms with van der Waals surface area (Å²) < 4.78 is 0. The molecule has 1 rings (SSSR count). The Labute approximate surface area is 117 Å². The van der Waals surface area contributed by atoms with Crippen LogP contribution in [0.15, 0.2) is 18.2 Å². The van der Waals surface area contributed by atoms with Gasteiger partial charge in [-0.25, -0.2) is 0 Å². The highest BCUT2D eigenvalue weighted by atomic mass is 16.6. The van der Waals surface area contributed by atoms with Crippen molar-refractivity contribution in [3.05, 3.63) is 33.9 Å². The van der Waals surface area contributed by atoms with Crippen molar-refractivity contribution in [3.63, 3.8) is 0 Å². The average Bonchev–Trinajstić information content (AvgIpc) is 2.42. The van der Waals surface area contributed by atoms with Gasteiger partial charge in [0.1, 0.15) is 11.3 Å². The Morgan fingerprint density at radius 3 is 2.55 bits per heavy atom. The lowest BCUT2D eigenvalue weighted by molar-refractivity contribution is -0.384. The third-order valence-electron chi connectivity index (χ3n) is 3.34. The Kier molecular flexibility index (Phi) is 5.45. The fourth-order valence-corrected chi connectivity index (χ4v) is 1.62. The van der Waals surface area contributed by atoms with E-state index in [2.05, 4.69) is 24.6 Å². The summed E-state index contributed by atoms with van der Waals surface area (Å²) in [6.07, 6.45) is 0. The quantitative estimate of drug-likeness (QED) is 0.419. The number of nitrogens with one attached hydrogen (secondary N) is 2. The molecule has 7 nitrogen and oxygen atoms in total. The highest BCUT2D eigenvalue weighted by Gasteiger charge is 2.24. The second kappa shape index (κ2) is 6.85. The number of nitro groups is 1. The zero-order valence-electron chi connectivity index (χ0n) is 11.8. The van der Waals surface area contributed by atoms with Crippen LogP contribution in [0.3, 0.4) is 0 Å². The van der Waals surface area contributed by atoms with Gasteiger partial charge in [0.25, 0.3) is 5.91 Å². The maximum atomic E-state index is 12.1. The average molecular weight is 280 g/mol. The molecule has 0 radical (unpaired) electrons. The van der Waals surface area contributed by atoms with Crippen LogP contribution in [0.2, 0.25) is 0 Å². The SMILES string of the molecule is CC(C)C(C)CNC(=O)c1cccc(NN)c1[N+](=O)[O-]. The molecule has 20 heavy (non-hydrogen) atoms. The van der Waals surface area contributed by atoms with Crippen molar-refractivity contribution in [2.45, 2.75) is 20.8 Å². The summed E-state index contributed by atoms with van der Waals surface area (Å²) in [6.45, 7) is 6.58. The largest absolute Gasteiger partial charge is 0.352 e. The third kappa shape index (κ3) is 3.67. The van der Waals surface area contributed by atoms with Crippen LogP contribution in [0.5, 0.6) is 0 Å². The van der Waals surface area contributed by atoms with E-state index >= 15 is 0 Å². The number of nitrogens with two attached hydrogens (primary N) is 1. The molecule has 0 aliphatic rings. The number of hydrogen-bond donors (Lipinski definition) is 3.